The molecule has 166 valence electrons. The predicted molar refractivity (Wildman–Crippen MR) is 128 cm³/mol. The number of rotatable bonds is 7. The van der Waals surface area contributed by atoms with E-state index in [1.807, 2.05) is 36.4 Å². The van der Waals surface area contributed by atoms with Crippen LogP contribution in [0, 0.1) is 0 Å². The van der Waals surface area contributed by atoms with Crippen molar-refractivity contribution in [1.82, 2.24) is 9.66 Å². The molecule has 4 aromatic rings. The number of para-hydroxylation sites is 1. The van der Waals surface area contributed by atoms with E-state index >= 15 is 0 Å². The number of ether oxygens (including phenoxy) is 2. The lowest BCUT2D eigenvalue weighted by Gasteiger charge is -2.10. The smallest absolute Gasteiger partial charge is 0.344 e. The Balaban J connectivity index is 1.68. The van der Waals surface area contributed by atoms with Gasteiger partial charge in [0.15, 0.2) is 12.4 Å². The Bertz CT molecular complexity index is 1380. The predicted octanol–water partition coefficient (Wildman–Crippen LogP) is 4.54. The fraction of sp³-hybridized carbons (Fsp3) is 0.120. The maximum absolute atomic E-state index is 13.2. The van der Waals surface area contributed by atoms with Crippen LogP contribution in [0.5, 0.6) is 5.75 Å². The van der Waals surface area contributed by atoms with Crippen LogP contribution < -0.4 is 10.3 Å². The molecule has 4 rings (SSSR count). The van der Waals surface area contributed by atoms with Crippen molar-refractivity contribution in [3.05, 3.63) is 93.7 Å². The van der Waals surface area contributed by atoms with Crippen LogP contribution in [0.2, 0.25) is 5.02 Å². The van der Waals surface area contributed by atoms with Gasteiger partial charge in [-0.1, -0.05) is 54.1 Å². The van der Waals surface area contributed by atoms with Crippen molar-refractivity contribution < 1.29 is 14.3 Å². The Morgan fingerprint density at radius 1 is 1.09 bits per heavy atom. The van der Waals surface area contributed by atoms with Crippen LogP contribution in [-0.2, 0) is 9.53 Å². The lowest BCUT2D eigenvalue weighted by atomic mass is 10.2. The van der Waals surface area contributed by atoms with Gasteiger partial charge in [0.2, 0.25) is 0 Å². The molecule has 0 aliphatic rings. The van der Waals surface area contributed by atoms with E-state index in [0.29, 0.717) is 33.1 Å². The number of fused-ring (bicyclic) bond motifs is 1. The van der Waals surface area contributed by atoms with E-state index in [1.165, 1.54) is 10.9 Å². The zero-order valence-electron chi connectivity index (χ0n) is 17.8. The number of nitrogens with zero attached hydrogens (tertiary/aromatic N) is 3. The number of aromatic nitrogens is 2. The third-order valence-electron chi connectivity index (χ3n) is 4.71. The first-order chi connectivity index (χ1) is 16.1. The summed E-state index contributed by atoms with van der Waals surface area (Å²) in [7, 11) is 0. The molecule has 1 heterocycles. The van der Waals surface area contributed by atoms with Crippen LogP contribution in [0.25, 0.3) is 22.3 Å². The zero-order chi connectivity index (χ0) is 23.2. The first-order valence-electron chi connectivity index (χ1n) is 10.3. The van der Waals surface area contributed by atoms with Gasteiger partial charge in [0, 0.05) is 5.56 Å². The maximum atomic E-state index is 13.2. The van der Waals surface area contributed by atoms with Crippen molar-refractivity contribution in [2.24, 2.45) is 5.10 Å². The van der Waals surface area contributed by atoms with E-state index < -0.39 is 5.97 Å². The third kappa shape index (κ3) is 5.10. The van der Waals surface area contributed by atoms with E-state index in [9.17, 15) is 9.59 Å². The fourth-order valence-electron chi connectivity index (χ4n) is 3.18. The average Bonchev–Trinajstić information content (AvgIpc) is 2.83. The number of carbonyl (C=O) groups excluding carboxylic acids is 1. The summed E-state index contributed by atoms with van der Waals surface area (Å²) in [6, 6.07) is 21.5. The number of hydrogen-bond acceptors (Lipinski definition) is 6. The number of benzene rings is 3. The molecule has 0 fully saturated rings. The second-order valence-corrected chi connectivity index (χ2v) is 7.37. The Kier molecular flexibility index (Phi) is 6.80. The van der Waals surface area contributed by atoms with Crippen LogP contribution in [0.4, 0.5) is 0 Å². The molecule has 8 heteroatoms. The molecule has 0 unspecified atom stereocenters. The summed E-state index contributed by atoms with van der Waals surface area (Å²) in [5.41, 5.74) is 1.72. The van der Waals surface area contributed by atoms with E-state index in [4.69, 9.17) is 21.1 Å². The van der Waals surface area contributed by atoms with E-state index in [0.717, 1.165) is 5.56 Å². The minimum atomic E-state index is -0.476. The quantitative estimate of drug-likeness (QED) is 0.298. The standard InChI is InChI=1S/C25H20ClN3O4/c1-2-32-23(30)16-33-22-13-12-17(14-20(22)26)15-27-29-24(18-8-4-3-5-9-18)28-21-11-7-6-10-19(21)25(29)31/h3-15H,2,16H2,1H3. The topological polar surface area (TPSA) is 82.8 Å². The van der Waals surface area contributed by atoms with Gasteiger partial charge in [-0.2, -0.15) is 9.78 Å². The van der Waals surface area contributed by atoms with Crippen molar-refractivity contribution in [3.63, 3.8) is 0 Å². The van der Waals surface area contributed by atoms with Gasteiger partial charge in [-0.3, -0.25) is 4.79 Å². The average molecular weight is 462 g/mol. The molecule has 0 amide bonds. The first kappa shape index (κ1) is 22.2. The molecule has 0 atom stereocenters. The monoisotopic (exact) mass is 461 g/mol. The second kappa shape index (κ2) is 10.1. The highest BCUT2D eigenvalue weighted by molar-refractivity contribution is 6.32. The molecule has 0 radical (unpaired) electrons. The summed E-state index contributed by atoms with van der Waals surface area (Å²) in [6.45, 7) is 1.76. The largest absolute Gasteiger partial charge is 0.480 e. The molecule has 0 N–H and O–H groups in total. The van der Waals surface area contributed by atoms with Crippen molar-refractivity contribution >= 4 is 34.7 Å². The van der Waals surface area contributed by atoms with Crippen LogP contribution in [0.3, 0.4) is 0 Å². The van der Waals surface area contributed by atoms with E-state index in [1.54, 1.807) is 43.3 Å². The van der Waals surface area contributed by atoms with E-state index in [2.05, 4.69) is 10.1 Å². The molecule has 0 spiro atoms. The fourth-order valence-corrected chi connectivity index (χ4v) is 3.43. The molecule has 3 aromatic carbocycles. The van der Waals surface area contributed by atoms with Gasteiger partial charge in [0.05, 0.1) is 28.7 Å². The van der Waals surface area contributed by atoms with Gasteiger partial charge in [-0.25, -0.2) is 9.78 Å². The highest BCUT2D eigenvalue weighted by Crippen LogP contribution is 2.25. The van der Waals surface area contributed by atoms with Gasteiger partial charge in [-0.15, -0.1) is 0 Å². The molecule has 0 bridgehead atoms. The Hall–Kier alpha value is -3.97. The summed E-state index contributed by atoms with van der Waals surface area (Å²) in [5, 5.41) is 5.18. The van der Waals surface area contributed by atoms with Crippen molar-refractivity contribution in [3.8, 4) is 17.1 Å². The number of esters is 1. The summed E-state index contributed by atoms with van der Waals surface area (Å²) < 4.78 is 11.5. The van der Waals surface area contributed by atoms with Gasteiger partial charge in [-0.05, 0) is 42.8 Å². The van der Waals surface area contributed by atoms with Crippen molar-refractivity contribution in [2.45, 2.75) is 6.92 Å². The highest BCUT2D eigenvalue weighted by Gasteiger charge is 2.12. The zero-order valence-corrected chi connectivity index (χ0v) is 18.5. The van der Waals surface area contributed by atoms with Crippen LogP contribution in [0.1, 0.15) is 12.5 Å². The van der Waals surface area contributed by atoms with Gasteiger partial charge in [0.25, 0.3) is 5.56 Å². The normalized spacial score (nSPS) is 11.1. The molecule has 0 saturated heterocycles. The van der Waals surface area contributed by atoms with E-state index in [-0.39, 0.29) is 18.8 Å². The van der Waals surface area contributed by atoms with Gasteiger partial charge < -0.3 is 9.47 Å². The van der Waals surface area contributed by atoms with Crippen LogP contribution >= 0.6 is 11.6 Å². The molecule has 7 nitrogen and oxygen atoms in total. The van der Waals surface area contributed by atoms with Crippen molar-refractivity contribution in [2.75, 3.05) is 13.2 Å². The molecule has 0 aliphatic heterocycles. The maximum Gasteiger partial charge on any atom is 0.344 e. The Morgan fingerprint density at radius 2 is 1.85 bits per heavy atom. The van der Waals surface area contributed by atoms with Crippen LogP contribution in [-0.4, -0.2) is 35.1 Å². The Morgan fingerprint density at radius 3 is 2.61 bits per heavy atom. The first-order valence-corrected chi connectivity index (χ1v) is 10.6. The third-order valence-corrected chi connectivity index (χ3v) is 5.01. The van der Waals surface area contributed by atoms with Gasteiger partial charge >= 0.3 is 5.97 Å². The summed E-state index contributed by atoms with van der Waals surface area (Å²) in [6.07, 6.45) is 1.52. The minimum absolute atomic E-state index is 0.237. The molecular weight excluding hydrogens is 442 g/mol. The van der Waals surface area contributed by atoms with Crippen molar-refractivity contribution in [1.29, 1.82) is 0 Å². The molecule has 0 saturated carbocycles. The lowest BCUT2D eigenvalue weighted by molar-refractivity contribution is -0.145. The minimum Gasteiger partial charge on any atom is -0.480 e. The van der Waals surface area contributed by atoms with Gasteiger partial charge in [0.1, 0.15) is 5.75 Å². The summed E-state index contributed by atoms with van der Waals surface area (Å²) in [5.74, 6) is 0.295. The van der Waals surface area contributed by atoms with Crippen LogP contribution in [0.15, 0.2) is 82.7 Å². The SMILES string of the molecule is CCOC(=O)COc1ccc(C=Nn2c(-c3ccccc3)nc3ccccc3c2=O)cc1Cl. The molecule has 0 aliphatic carbocycles. The molecular formula is C25H20ClN3O4. The summed E-state index contributed by atoms with van der Waals surface area (Å²) in [4.78, 5) is 29.3. The Labute approximate surface area is 194 Å². The number of carbonyl (C=O) groups is 1. The second-order valence-electron chi connectivity index (χ2n) is 6.96. The molecule has 1 aromatic heterocycles. The lowest BCUT2D eigenvalue weighted by Crippen LogP contribution is -2.20. The number of halogens is 1. The summed E-state index contributed by atoms with van der Waals surface area (Å²) >= 11 is 6.29. The molecule has 33 heavy (non-hydrogen) atoms. The number of hydrogen-bond donors (Lipinski definition) is 0. The highest BCUT2D eigenvalue weighted by atomic mass is 35.5.